The van der Waals surface area contributed by atoms with Crippen LogP contribution in [-0.4, -0.2) is 57.7 Å². The van der Waals surface area contributed by atoms with Crippen LogP contribution < -0.4 is 5.73 Å². The molecule has 12 heavy (non-hydrogen) atoms. The summed E-state index contributed by atoms with van der Waals surface area (Å²) in [6.45, 7) is -0.635. The summed E-state index contributed by atoms with van der Waals surface area (Å²) in [5.41, 5.74) is 5.17. The summed E-state index contributed by atoms with van der Waals surface area (Å²) in [5, 5.41) is 35.0. The van der Waals surface area contributed by atoms with Crippen molar-refractivity contribution in [1.82, 2.24) is 0 Å². The number of rotatable bonds is 5. The number of aldehydes is 1. The molecule has 0 fully saturated rings. The number of hydrogen-bond donors (Lipinski definition) is 5. The summed E-state index contributed by atoms with van der Waals surface area (Å²) in [6.07, 6.45) is -4.45. The molecule has 0 spiro atoms. The first-order chi connectivity index (χ1) is 5.54. The van der Waals surface area contributed by atoms with Gasteiger partial charge >= 0.3 is 0 Å². The lowest BCUT2D eigenvalue weighted by atomic mass is 10.0. The maximum absolute atomic E-state index is 9.95. The van der Waals surface area contributed by atoms with Gasteiger partial charge in [-0.3, -0.25) is 0 Å². The zero-order valence-electron chi connectivity index (χ0n) is 6.37. The van der Waals surface area contributed by atoms with Gasteiger partial charge in [-0.15, -0.1) is 0 Å². The molecule has 0 bridgehead atoms. The van der Waals surface area contributed by atoms with Crippen LogP contribution in [0.5, 0.6) is 0 Å². The van der Waals surface area contributed by atoms with Crippen molar-refractivity contribution in [2.75, 3.05) is 6.61 Å². The molecule has 0 saturated heterocycles. The fourth-order valence-corrected chi connectivity index (χ4v) is 0.658. The molecule has 0 heterocycles. The van der Waals surface area contributed by atoms with Crippen LogP contribution in [-0.2, 0) is 4.79 Å². The molecular weight excluding hydrogens is 166 g/mol. The van der Waals surface area contributed by atoms with E-state index < -0.39 is 31.0 Å². The molecular formula is C6H13NO5. The van der Waals surface area contributed by atoms with Crippen molar-refractivity contribution < 1.29 is 25.2 Å². The van der Waals surface area contributed by atoms with Crippen LogP contribution in [0, 0.1) is 0 Å². The average molecular weight is 179 g/mol. The van der Waals surface area contributed by atoms with Crippen molar-refractivity contribution in [3.05, 3.63) is 0 Å². The van der Waals surface area contributed by atoms with Gasteiger partial charge in [0.05, 0.1) is 18.8 Å². The summed E-state index contributed by atoms with van der Waals surface area (Å²) in [6, 6.07) is -1.24. The van der Waals surface area contributed by atoms with Crippen LogP contribution in [0.3, 0.4) is 0 Å². The van der Waals surface area contributed by atoms with Crippen molar-refractivity contribution in [3.63, 3.8) is 0 Å². The molecule has 0 aromatic carbocycles. The monoisotopic (exact) mass is 179 g/mol. The second-order valence-corrected chi connectivity index (χ2v) is 2.44. The van der Waals surface area contributed by atoms with E-state index in [2.05, 4.69) is 0 Å². The smallest absolute Gasteiger partial charge is 0.151 e. The summed E-state index contributed by atoms with van der Waals surface area (Å²) in [5.74, 6) is 0. The molecule has 0 aliphatic carbocycles. The van der Waals surface area contributed by atoms with Crippen molar-refractivity contribution in [3.8, 4) is 0 Å². The van der Waals surface area contributed by atoms with E-state index in [1.54, 1.807) is 0 Å². The molecule has 6 nitrogen and oxygen atoms in total. The van der Waals surface area contributed by atoms with Crippen molar-refractivity contribution in [2.45, 2.75) is 24.4 Å². The maximum atomic E-state index is 9.95. The van der Waals surface area contributed by atoms with E-state index in [9.17, 15) is 4.79 Å². The number of carbonyl (C=O) groups excluding carboxylic acids is 1. The van der Waals surface area contributed by atoms with E-state index in [0.717, 1.165) is 0 Å². The Labute approximate surface area is 69.2 Å². The summed E-state index contributed by atoms with van der Waals surface area (Å²) in [4.78, 5) is 9.95. The first-order valence-corrected chi connectivity index (χ1v) is 3.40. The van der Waals surface area contributed by atoms with E-state index in [1.807, 2.05) is 0 Å². The average Bonchev–Trinajstić information content (AvgIpc) is 2.12. The molecule has 4 atom stereocenters. The van der Waals surface area contributed by atoms with E-state index in [4.69, 9.17) is 26.2 Å². The van der Waals surface area contributed by atoms with Crippen LogP contribution >= 0.6 is 0 Å². The molecule has 6 heteroatoms. The largest absolute Gasteiger partial charge is 0.394 e. The Morgan fingerprint density at radius 1 is 1.33 bits per heavy atom. The fraction of sp³-hybridized carbons (Fsp3) is 0.833. The van der Waals surface area contributed by atoms with Gasteiger partial charge in [0.2, 0.25) is 0 Å². The van der Waals surface area contributed by atoms with Crippen LogP contribution in [0.1, 0.15) is 0 Å². The quantitative estimate of drug-likeness (QED) is 0.280. The Hall–Kier alpha value is -0.530. The Bertz CT molecular complexity index is 142. The third-order valence-electron chi connectivity index (χ3n) is 1.52. The number of aliphatic hydroxyl groups excluding tert-OH is 4. The molecule has 4 unspecified atom stereocenters. The van der Waals surface area contributed by atoms with Gasteiger partial charge in [0.15, 0.2) is 6.29 Å². The molecule has 6 N–H and O–H groups in total. The predicted octanol–water partition coefficient (Wildman–Crippen LogP) is -3.41. The highest BCUT2D eigenvalue weighted by Gasteiger charge is 2.27. The summed E-state index contributed by atoms with van der Waals surface area (Å²) < 4.78 is 0. The minimum absolute atomic E-state index is 0.106. The normalized spacial score (nSPS) is 21.1. The molecule has 0 rings (SSSR count). The van der Waals surface area contributed by atoms with E-state index in [1.165, 1.54) is 0 Å². The second-order valence-electron chi connectivity index (χ2n) is 2.44. The Morgan fingerprint density at radius 2 is 1.83 bits per heavy atom. The zero-order chi connectivity index (χ0) is 9.72. The van der Waals surface area contributed by atoms with Gasteiger partial charge in [0.1, 0.15) is 12.2 Å². The Morgan fingerprint density at radius 3 is 2.17 bits per heavy atom. The van der Waals surface area contributed by atoms with Crippen LogP contribution in [0.15, 0.2) is 0 Å². The number of hydrogen-bond acceptors (Lipinski definition) is 6. The first kappa shape index (κ1) is 11.5. The lowest BCUT2D eigenvalue weighted by Crippen LogP contribution is -2.51. The zero-order valence-corrected chi connectivity index (χ0v) is 6.37. The van der Waals surface area contributed by atoms with E-state index in [0.29, 0.717) is 0 Å². The molecule has 0 amide bonds. The van der Waals surface area contributed by atoms with Gasteiger partial charge in [-0.05, 0) is 0 Å². The van der Waals surface area contributed by atoms with Crippen molar-refractivity contribution in [1.29, 1.82) is 0 Å². The number of nitrogens with two attached hydrogens (primary N) is 1. The minimum Gasteiger partial charge on any atom is -0.394 e. The van der Waals surface area contributed by atoms with Gasteiger partial charge in [0.25, 0.3) is 0 Å². The van der Waals surface area contributed by atoms with Gasteiger partial charge in [-0.1, -0.05) is 0 Å². The summed E-state index contributed by atoms with van der Waals surface area (Å²) >= 11 is 0. The van der Waals surface area contributed by atoms with Crippen molar-refractivity contribution >= 4 is 6.29 Å². The standard InChI is InChI=1S/C6H13NO5/c7-5(3(10)1-8)6(12)4(11)2-9/h2-6,8,10-12H,1,7H2. The van der Waals surface area contributed by atoms with Gasteiger partial charge in [0, 0.05) is 0 Å². The predicted molar refractivity (Wildman–Crippen MR) is 39.1 cm³/mol. The van der Waals surface area contributed by atoms with Gasteiger partial charge < -0.3 is 31.0 Å². The van der Waals surface area contributed by atoms with Crippen LogP contribution in [0.25, 0.3) is 0 Å². The lowest BCUT2D eigenvalue weighted by molar-refractivity contribution is -0.122. The molecule has 0 aromatic heterocycles. The van der Waals surface area contributed by atoms with Gasteiger partial charge in [-0.2, -0.15) is 0 Å². The molecule has 72 valence electrons. The third kappa shape index (κ3) is 2.84. The van der Waals surface area contributed by atoms with Crippen molar-refractivity contribution in [2.24, 2.45) is 5.73 Å². The van der Waals surface area contributed by atoms with E-state index in [-0.39, 0.29) is 6.29 Å². The van der Waals surface area contributed by atoms with Crippen LogP contribution in [0.4, 0.5) is 0 Å². The number of aliphatic hydroxyl groups is 4. The van der Waals surface area contributed by atoms with Gasteiger partial charge in [-0.25, -0.2) is 0 Å². The lowest BCUT2D eigenvalue weighted by Gasteiger charge is -2.23. The topological polar surface area (TPSA) is 124 Å². The minimum atomic E-state index is -1.64. The first-order valence-electron chi connectivity index (χ1n) is 3.40. The highest BCUT2D eigenvalue weighted by atomic mass is 16.3. The SMILES string of the molecule is NC(C(O)CO)C(O)C(O)C=O. The molecule has 0 aliphatic heterocycles. The Balaban J connectivity index is 4.07. The molecule has 0 aliphatic rings. The fourth-order valence-electron chi connectivity index (χ4n) is 0.658. The highest BCUT2D eigenvalue weighted by Crippen LogP contribution is 2.00. The second kappa shape index (κ2) is 5.18. The molecule has 0 aromatic rings. The maximum Gasteiger partial charge on any atom is 0.151 e. The summed E-state index contributed by atoms with van der Waals surface area (Å²) in [7, 11) is 0. The molecule has 0 radical (unpaired) electrons. The van der Waals surface area contributed by atoms with E-state index >= 15 is 0 Å². The Kier molecular flexibility index (Phi) is 4.95. The number of carbonyl (C=O) groups is 1. The molecule has 0 saturated carbocycles. The highest BCUT2D eigenvalue weighted by molar-refractivity contribution is 5.56. The third-order valence-corrected chi connectivity index (χ3v) is 1.52. The van der Waals surface area contributed by atoms with Crippen LogP contribution in [0.2, 0.25) is 0 Å².